The first-order chi connectivity index (χ1) is 17.4. The van der Waals surface area contributed by atoms with Crippen LogP contribution in [0.5, 0.6) is 5.75 Å². The van der Waals surface area contributed by atoms with Crippen LogP contribution in [-0.2, 0) is 32.6 Å². The van der Waals surface area contributed by atoms with Gasteiger partial charge in [0.1, 0.15) is 22.9 Å². The molecule has 0 aliphatic heterocycles. The summed E-state index contributed by atoms with van der Waals surface area (Å²) in [7, 11) is -1.30. The Hall–Kier alpha value is -3.50. The van der Waals surface area contributed by atoms with Gasteiger partial charge in [-0.3, -0.25) is 18.8 Å². The molecule has 5 atom stereocenters. The Morgan fingerprint density at radius 1 is 1.24 bits per heavy atom. The molecule has 1 heterocycles. The van der Waals surface area contributed by atoms with Crippen LogP contribution < -0.4 is 5.73 Å². The lowest BCUT2D eigenvalue weighted by atomic mass is 9.57. The molecule has 37 heavy (non-hydrogen) atoms. The Morgan fingerprint density at radius 2 is 1.97 bits per heavy atom. The summed E-state index contributed by atoms with van der Waals surface area (Å²) in [5, 5.41) is 44.5. The minimum absolute atomic E-state index is 0.00181. The molecule has 1 saturated carbocycles. The van der Waals surface area contributed by atoms with E-state index in [9.17, 15) is 34.2 Å². The summed E-state index contributed by atoms with van der Waals surface area (Å²) < 4.78 is 12.0. The molecule has 194 valence electrons. The van der Waals surface area contributed by atoms with Gasteiger partial charge in [0.15, 0.2) is 5.78 Å². The number of benzene rings is 1. The summed E-state index contributed by atoms with van der Waals surface area (Å²) >= 11 is 0. The topological polar surface area (TPSA) is 171 Å². The van der Waals surface area contributed by atoms with E-state index >= 15 is 0 Å². The van der Waals surface area contributed by atoms with Gasteiger partial charge in [-0.15, -0.1) is 0 Å². The molecule has 1 aromatic carbocycles. The fourth-order valence-corrected chi connectivity index (χ4v) is 7.16. The minimum atomic E-state index is -2.03. The lowest BCUT2D eigenvalue weighted by molar-refractivity contribution is -0.136. The Labute approximate surface area is 215 Å². The van der Waals surface area contributed by atoms with E-state index in [1.54, 1.807) is 24.4 Å². The predicted octanol–water partition coefficient (Wildman–Crippen LogP) is 2.43. The van der Waals surface area contributed by atoms with E-state index in [0.29, 0.717) is 35.2 Å². The molecule has 0 saturated heterocycles. The number of pyridine rings is 1. The van der Waals surface area contributed by atoms with Gasteiger partial charge in [0.05, 0.1) is 28.5 Å². The molecule has 1 aromatic heterocycles. The van der Waals surface area contributed by atoms with Crippen LogP contribution in [0.15, 0.2) is 47.4 Å². The van der Waals surface area contributed by atoms with Crippen molar-refractivity contribution < 1.29 is 34.2 Å². The number of aromatic hydroxyl groups is 1. The lowest BCUT2D eigenvalue weighted by Gasteiger charge is -2.48. The van der Waals surface area contributed by atoms with Gasteiger partial charge in [-0.1, -0.05) is 6.07 Å². The number of ketones is 1. The maximum Gasteiger partial charge on any atom is 0.250 e. The molecule has 9 nitrogen and oxygen atoms in total. The van der Waals surface area contributed by atoms with Crippen molar-refractivity contribution in [2.45, 2.75) is 37.5 Å². The largest absolute Gasteiger partial charge is 0.512 e. The second kappa shape index (κ2) is 8.81. The summed E-state index contributed by atoms with van der Waals surface area (Å²) in [6, 6.07) is 7.10. The molecule has 1 amide bonds. The predicted molar refractivity (Wildman–Crippen MR) is 137 cm³/mol. The van der Waals surface area contributed by atoms with Crippen molar-refractivity contribution in [1.82, 2.24) is 4.98 Å². The lowest BCUT2D eigenvalue weighted by Crippen LogP contribution is -2.55. The number of aliphatic hydroxyl groups is 3. The first-order valence-electron chi connectivity index (χ1n) is 11.9. The van der Waals surface area contributed by atoms with Crippen LogP contribution in [0.3, 0.4) is 0 Å². The molecule has 1 fully saturated rings. The number of nitrogens with zero attached hydrogens (tertiary/aromatic N) is 1. The first kappa shape index (κ1) is 25.2. The number of carbonyl (C=O) groups is 2. The molecule has 10 heteroatoms. The van der Waals surface area contributed by atoms with E-state index in [0.717, 1.165) is 0 Å². The number of amides is 1. The first-order valence-corrected chi connectivity index (χ1v) is 13.7. The van der Waals surface area contributed by atoms with Crippen molar-refractivity contribution in [1.29, 1.82) is 0 Å². The van der Waals surface area contributed by atoms with Crippen LogP contribution in [0, 0.1) is 17.8 Å². The minimum Gasteiger partial charge on any atom is -0.512 e. The van der Waals surface area contributed by atoms with Gasteiger partial charge in [-0.2, -0.15) is 0 Å². The number of hydrogen-bond acceptors (Lipinski definition) is 8. The molecule has 0 bridgehead atoms. The maximum atomic E-state index is 13.9. The van der Waals surface area contributed by atoms with Crippen LogP contribution in [0.4, 0.5) is 0 Å². The number of phenols is 1. The Kier molecular flexibility index (Phi) is 5.99. The van der Waals surface area contributed by atoms with Gasteiger partial charge in [0.25, 0.3) is 5.91 Å². The second-order valence-corrected chi connectivity index (χ2v) is 11.7. The molecule has 0 spiro atoms. The van der Waals surface area contributed by atoms with Crippen molar-refractivity contribution in [2.24, 2.45) is 23.5 Å². The van der Waals surface area contributed by atoms with Crippen molar-refractivity contribution in [2.75, 3.05) is 6.26 Å². The Morgan fingerprint density at radius 3 is 2.59 bits per heavy atom. The van der Waals surface area contributed by atoms with E-state index in [-0.39, 0.29) is 34.8 Å². The van der Waals surface area contributed by atoms with Gasteiger partial charge in [-0.05, 0) is 55.4 Å². The molecule has 2 aromatic rings. The van der Waals surface area contributed by atoms with E-state index in [2.05, 4.69) is 4.98 Å². The number of aliphatic hydroxyl groups excluding tert-OH is 2. The van der Waals surface area contributed by atoms with Gasteiger partial charge < -0.3 is 26.2 Å². The standard InChI is InChI=1S/C27H28N2O7S/c1-27(35)21-13(10-18(30)22(27)26(28)34)7-12-8-16-15(17-5-3-4-6-29-17)9-14(11-37(2)36)23(31)20(16)24(32)19(12)25(21)33/h3-6,9,12-13,21,30-32,35H,7-8,10-11H2,1-2H3,(H2,28,34). The summed E-state index contributed by atoms with van der Waals surface area (Å²) in [5.41, 5.74) is 5.36. The molecule has 0 radical (unpaired) electrons. The third kappa shape index (κ3) is 3.86. The highest BCUT2D eigenvalue weighted by molar-refractivity contribution is 7.83. The van der Waals surface area contributed by atoms with Gasteiger partial charge >= 0.3 is 0 Å². The normalized spacial score (nSPS) is 27.9. The molecule has 6 N–H and O–H groups in total. The van der Waals surface area contributed by atoms with Gasteiger partial charge in [-0.25, -0.2) is 0 Å². The fraction of sp³-hybridized carbons (Fsp3) is 0.370. The number of primary amides is 1. The molecule has 5 unspecified atom stereocenters. The molecule has 3 aliphatic carbocycles. The highest BCUT2D eigenvalue weighted by Crippen LogP contribution is 2.54. The maximum absolute atomic E-state index is 13.9. The average molecular weight is 525 g/mol. The van der Waals surface area contributed by atoms with Crippen molar-refractivity contribution in [3.63, 3.8) is 0 Å². The van der Waals surface area contributed by atoms with Crippen LogP contribution in [0.2, 0.25) is 0 Å². The van der Waals surface area contributed by atoms with E-state index < -0.39 is 57.2 Å². The molecular weight excluding hydrogens is 496 g/mol. The molecule has 5 rings (SSSR count). The number of rotatable bonds is 4. The van der Waals surface area contributed by atoms with Crippen molar-refractivity contribution >= 4 is 28.2 Å². The summed E-state index contributed by atoms with van der Waals surface area (Å²) in [4.78, 5) is 30.3. The monoisotopic (exact) mass is 524 g/mol. The van der Waals surface area contributed by atoms with Crippen LogP contribution in [-0.4, -0.2) is 53.2 Å². The molecule has 3 aliphatic rings. The third-order valence-electron chi connectivity index (χ3n) is 7.85. The number of aromatic nitrogens is 1. The Balaban J connectivity index is 1.72. The zero-order valence-corrected chi connectivity index (χ0v) is 21.2. The summed E-state index contributed by atoms with van der Waals surface area (Å²) in [6.07, 6.45) is 3.78. The van der Waals surface area contributed by atoms with Crippen LogP contribution >= 0.6 is 0 Å². The summed E-state index contributed by atoms with van der Waals surface area (Å²) in [5.74, 6) is -4.56. The van der Waals surface area contributed by atoms with E-state index in [4.69, 9.17) is 5.73 Å². The SMILES string of the molecule is CS(=O)Cc1cc(-c2ccccn2)c2c(c1O)C(O)=C1C(=O)C3C(CC(O)=C(C(N)=O)C3(C)O)CC1C2. The van der Waals surface area contributed by atoms with E-state index in [1.807, 2.05) is 6.07 Å². The number of allylic oxidation sites excluding steroid dienone is 2. The number of nitrogens with two attached hydrogens (primary N) is 1. The summed E-state index contributed by atoms with van der Waals surface area (Å²) in [6.45, 7) is 1.28. The number of Topliss-reactive ketones (excluding diaryl/α,β-unsaturated/α-hetero) is 1. The highest BCUT2D eigenvalue weighted by Gasteiger charge is 2.57. The zero-order valence-electron chi connectivity index (χ0n) is 20.4. The van der Waals surface area contributed by atoms with Crippen molar-refractivity contribution in [3.05, 3.63) is 64.1 Å². The van der Waals surface area contributed by atoms with E-state index in [1.165, 1.54) is 13.2 Å². The Bertz CT molecular complexity index is 1430. The smallest absolute Gasteiger partial charge is 0.250 e. The number of phenolic OH excluding ortho intramolecular Hbond substituents is 1. The molecular formula is C27H28N2O7S. The third-order valence-corrected chi connectivity index (χ3v) is 8.56. The van der Waals surface area contributed by atoms with Gasteiger partial charge in [0.2, 0.25) is 0 Å². The average Bonchev–Trinajstić information content (AvgIpc) is 2.79. The van der Waals surface area contributed by atoms with Gasteiger partial charge in [0, 0.05) is 46.4 Å². The number of carbonyl (C=O) groups excluding carboxylic acids is 2. The van der Waals surface area contributed by atoms with Crippen LogP contribution in [0.25, 0.3) is 17.0 Å². The fourth-order valence-electron chi connectivity index (χ4n) is 6.50. The highest BCUT2D eigenvalue weighted by atomic mass is 32.2. The number of fused-ring (bicyclic) bond motifs is 3. The second-order valence-electron chi connectivity index (χ2n) is 10.3. The van der Waals surface area contributed by atoms with Crippen molar-refractivity contribution in [3.8, 4) is 17.0 Å². The quantitative estimate of drug-likeness (QED) is 0.406. The zero-order chi connectivity index (χ0) is 26.8. The number of hydrogen-bond donors (Lipinski definition) is 5. The van der Waals surface area contributed by atoms with Crippen LogP contribution in [0.1, 0.15) is 36.5 Å².